The minimum atomic E-state index is -6.49. The summed E-state index contributed by atoms with van der Waals surface area (Å²) in [4.78, 5) is 19.4. The van der Waals surface area contributed by atoms with Crippen LogP contribution in [-0.4, -0.2) is 55.0 Å². The maximum atomic E-state index is 13.9. The number of carbonyl (C=O) groups is 1. The first-order chi connectivity index (χ1) is 15.1. The van der Waals surface area contributed by atoms with Crippen molar-refractivity contribution in [2.45, 2.75) is 56.2 Å². The number of rotatable bonds is 6. The van der Waals surface area contributed by atoms with Crippen LogP contribution in [0.2, 0.25) is 0 Å². The quantitative estimate of drug-likeness (QED) is 0.619. The molecular weight excluding hydrogens is 463 g/mol. The normalized spacial score (nSPS) is 20.4. The van der Waals surface area contributed by atoms with Crippen LogP contribution >= 0.6 is 0 Å². The van der Waals surface area contributed by atoms with E-state index >= 15 is 0 Å². The van der Waals surface area contributed by atoms with Crippen molar-refractivity contribution in [1.29, 1.82) is 0 Å². The largest absolute Gasteiger partial charge is 0.460 e. The molecule has 0 bridgehead atoms. The predicted octanol–water partition coefficient (Wildman–Crippen LogP) is 3.11. The molecule has 0 aliphatic heterocycles. The van der Waals surface area contributed by atoms with E-state index in [2.05, 4.69) is 20.4 Å². The summed E-state index contributed by atoms with van der Waals surface area (Å²) in [5, 5.41) is 16.2. The number of amides is 1. The van der Waals surface area contributed by atoms with Crippen LogP contribution in [0.1, 0.15) is 53.6 Å². The van der Waals surface area contributed by atoms with Gasteiger partial charge in [0.2, 0.25) is 0 Å². The van der Waals surface area contributed by atoms with Gasteiger partial charge in [-0.1, -0.05) is 0 Å². The number of aliphatic hydroxyl groups excluding tert-OH is 1. The van der Waals surface area contributed by atoms with Crippen molar-refractivity contribution in [3.05, 3.63) is 35.0 Å². The molecule has 2 aromatic heterocycles. The van der Waals surface area contributed by atoms with Crippen molar-refractivity contribution < 1.29 is 40.6 Å². The number of fused-ring (bicyclic) bond motifs is 3. The van der Waals surface area contributed by atoms with Gasteiger partial charge in [-0.25, -0.2) is 14.6 Å². The molecule has 2 heterocycles. The molecule has 180 valence electrons. The SMILES string of the molecule is CC(C)(CO)NC(=O)c1nn(-c2cnc(C(F)(F)C(F)(F)C(F)(F)F)cn2)c2c1C[C@H]1C[C@@H]21. The average Bonchev–Trinajstić information content (AvgIpc) is 3.22. The molecule has 33 heavy (non-hydrogen) atoms. The third-order valence-electron chi connectivity index (χ3n) is 5.75. The fourth-order valence-corrected chi connectivity index (χ4v) is 3.81. The second-order valence-corrected chi connectivity index (χ2v) is 8.83. The highest BCUT2D eigenvalue weighted by Gasteiger charge is 2.74. The zero-order valence-electron chi connectivity index (χ0n) is 17.2. The summed E-state index contributed by atoms with van der Waals surface area (Å²) in [7, 11) is 0. The standard InChI is InChI=1S/C19H18F7N5O2/c1-16(2,7-32)29-15(33)13-10-4-8-3-9(8)14(10)31(30-13)12-6-27-11(5-28-12)17(20,21)18(22,23)19(24,25)26/h5-6,8-9,32H,3-4,7H2,1-2H3,(H,29,33)/t8-,9-/m1/s1. The van der Waals surface area contributed by atoms with Crippen LogP contribution in [-0.2, 0) is 12.3 Å². The second kappa shape index (κ2) is 7.11. The highest BCUT2D eigenvalue weighted by molar-refractivity contribution is 5.95. The Bertz CT molecular complexity index is 1100. The molecule has 14 heteroatoms. The zero-order valence-corrected chi connectivity index (χ0v) is 17.2. The first-order valence-electron chi connectivity index (χ1n) is 9.81. The van der Waals surface area contributed by atoms with E-state index in [1.54, 1.807) is 13.8 Å². The lowest BCUT2D eigenvalue weighted by atomic mass is 10.1. The van der Waals surface area contributed by atoms with Gasteiger partial charge in [-0.15, -0.1) is 0 Å². The Labute approximate surface area is 182 Å². The number of hydrogen-bond acceptors (Lipinski definition) is 5. The van der Waals surface area contributed by atoms with Crippen molar-refractivity contribution >= 4 is 5.91 Å². The van der Waals surface area contributed by atoms with E-state index in [4.69, 9.17) is 0 Å². The van der Waals surface area contributed by atoms with E-state index in [0.29, 0.717) is 23.9 Å². The molecule has 1 saturated carbocycles. The number of nitrogens with zero attached hydrogens (tertiary/aromatic N) is 4. The monoisotopic (exact) mass is 481 g/mol. The number of hydrogen-bond donors (Lipinski definition) is 2. The fourth-order valence-electron chi connectivity index (χ4n) is 3.81. The molecule has 2 atom stereocenters. The Hall–Kier alpha value is -2.77. The number of alkyl halides is 7. The Morgan fingerprint density at radius 1 is 1.15 bits per heavy atom. The number of halogens is 7. The van der Waals surface area contributed by atoms with Gasteiger partial charge in [0.05, 0.1) is 30.2 Å². The van der Waals surface area contributed by atoms with Crippen LogP contribution in [0, 0.1) is 5.92 Å². The maximum absolute atomic E-state index is 13.9. The molecule has 0 radical (unpaired) electrons. The molecule has 4 rings (SSSR count). The Kier molecular flexibility index (Phi) is 5.04. The Morgan fingerprint density at radius 3 is 2.36 bits per heavy atom. The van der Waals surface area contributed by atoms with Gasteiger partial charge in [-0.2, -0.15) is 35.8 Å². The van der Waals surface area contributed by atoms with Gasteiger partial charge < -0.3 is 10.4 Å². The van der Waals surface area contributed by atoms with Crippen molar-refractivity contribution in [3.8, 4) is 5.82 Å². The molecule has 1 amide bonds. The molecule has 0 unspecified atom stereocenters. The van der Waals surface area contributed by atoms with Crippen molar-refractivity contribution in [2.75, 3.05) is 6.61 Å². The number of nitrogens with one attached hydrogen (secondary N) is 1. The molecular formula is C19H18F7N5O2. The highest BCUT2D eigenvalue weighted by atomic mass is 19.4. The fraction of sp³-hybridized carbons (Fsp3) is 0.579. The summed E-state index contributed by atoms with van der Waals surface area (Å²) in [5.41, 5.74) is -1.60. The summed E-state index contributed by atoms with van der Waals surface area (Å²) in [6, 6.07) is 0. The average molecular weight is 481 g/mol. The smallest absolute Gasteiger partial charge is 0.394 e. The summed E-state index contributed by atoms with van der Waals surface area (Å²) in [5.74, 6) is -12.5. The minimum Gasteiger partial charge on any atom is -0.394 e. The van der Waals surface area contributed by atoms with Crippen molar-refractivity contribution in [3.63, 3.8) is 0 Å². The van der Waals surface area contributed by atoms with E-state index in [-0.39, 0.29) is 36.2 Å². The van der Waals surface area contributed by atoms with E-state index in [1.807, 2.05) is 0 Å². The second-order valence-electron chi connectivity index (χ2n) is 8.83. The molecule has 0 aromatic carbocycles. The summed E-state index contributed by atoms with van der Waals surface area (Å²) < 4.78 is 92.8. The van der Waals surface area contributed by atoms with E-state index in [9.17, 15) is 40.6 Å². The van der Waals surface area contributed by atoms with Gasteiger partial charge in [-0.3, -0.25) is 4.79 Å². The lowest BCUT2D eigenvalue weighted by Gasteiger charge is -2.27. The molecule has 0 spiro atoms. The summed E-state index contributed by atoms with van der Waals surface area (Å²) in [6.07, 6.45) is -4.42. The van der Waals surface area contributed by atoms with Crippen LogP contribution in [0.4, 0.5) is 30.7 Å². The van der Waals surface area contributed by atoms with Gasteiger partial charge in [0.1, 0.15) is 5.69 Å². The molecule has 1 fully saturated rings. The lowest BCUT2D eigenvalue weighted by molar-refractivity contribution is -0.360. The van der Waals surface area contributed by atoms with Gasteiger partial charge in [0, 0.05) is 11.5 Å². The van der Waals surface area contributed by atoms with E-state index in [1.165, 1.54) is 4.68 Å². The van der Waals surface area contributed by atoms with Gasteiger partial charge in [-0.05, 0) is 32.6 Å². The van der Waals surface area contributed by atoms with Crippen molar-refractivity contribution in [1.82, 2.24) is 25.1 Å². The first-order valence-corrected chi connectivity index (χ1v) is 9.81. The molecule has 2 aliphatic rings. The Balaban J connectivity index is 1.69. The van der Waals surface area contributed by atoms with Crippen LogP contribution in [0.15, 0.2) is 12.4 Å². The molecule has 7 nitrogen and oxygen atoms in total. The van der Waals surface area contributed by atoms with Crippen LogP contribution in [0.3, 0.4) is 0 Å². The van der Waals surface area contributed by atoms with Gasteiger partial charge >= 0.3 is 18.0 Å². The van der Waals surface area contributed by atoms with Crippen LogP contribution < -0.4 is 5.32 Å². The van der Waals surface area contributed by atoms with Gasteiger partial charge in [0.15, 0.2) is 11.5 Å². The summed E-state index contributed by atoms with van der Waals surface area (Å²) in [6.45, 7) is 2.82. The highest BCUT2D eigenvalue weighted by Crippen LogP contribution is 2.57. The number of aromatic nitrogens is 4. The van der Waals surface area contributed by atoms with Crippen LogP contribution in [0.5, 0.6) is 0 Å². The minimum absolute atomic E-state index is 0.0254. The van der Waals surface area contributed by atoms with E-state index in [0.717, 1.165) is 6.42 Å². The molecule has 2 aromatic rings. The molecule has 0 saturated heterocycles. The number of carbonyl (C=O) groups excluding carboxylic acids is 1. The Morgan fingerprint density at radius 2 is 1.82 bits per heavy atom. The molecule has 2 N–H and O–H groups in total. The van der Waals surface area contributed by atoms with Crippen molar-refractivity contribution in [2.24, 2.45) is 5.92 Å². The lowest BCUT2D eigenvalue weighted by Crippen LogP contribution is -2.50. The third kappa shape index (κ3) is 3.63. The molecule has 2 aliphatic carbocycles. The van der Waals surface area contributed by atoms with Gasteiger partial charge in [0.25, 0.3) is 5.91 Å². The summed E-state index contributed by atoms with van der Waals surface area (Å²) >= 11 is 0. The maximum Gasteiger partial charge on any atom is 0.460 e. The van der Waals surface area contributed by atoms with E-state index < -0.39 is 35.2 Å². The number of aliphatic hydroxyl groups is 1. The first kappa shape index (κ1) is 23.4. The van der Waals surface area contributed by atoms with Crippen LogP contribution in [0.25, 0.3) is 5.82 Å². The third-order valence-corrected chi connectivity index (χ3v) is 5.75. The predicted molar refractivity (Wildman–Crippen MR) is 97.2 cm³/mol. The zero-order chi connectivity index (χ0) is 24.6. The topological polar surface area (TPSA) is 92.9 Å².